The SMILES string of the molecule is CC(CCCCCF)CC(=O)O. The molecule has 0 spiro atoms. The number of halogens is 1. The van der Waals surface area contributed by atoms with Crippen molar-refractivity contribution in [3.05, 3.63) is 0 Å². The van der Waals surface area contributed by atoms with Crippen LogP contribution in [-0.2, 0) is 4.79 Å². The average molecular weight is 176 g/mol. The fourth-order valence-electron chi connectivity index (χ4n) is 1.16. The Labute approximate surface area is 72.8 Å². The number of carboxylic acids is 1. The molecule has 0 aromatic heterocycles. The molecule has 1 unspecified atom stereocenters. The maximum atomic E-state index is 11.6. The van der Waals surface area contributed by atoms with E-state index < -0.39 is 5.97 Å². The van der Waals surface area contributed by atoms with Gasteiger partial charge in [-0.2, -0.15) is 0 Å². The Kier molecular flexibility index (Phi) is 6.72. The second-order valence-corrected chi connectivity index (χ2v) is 3.24. The van der Waals surface area contributed by atoms with Gasteiger partial charge in [0.15, 0.2) is 0 Å². The first-order valence-corrected chi connectivity index (χ1v) is 4.44. The summed E-state index contributed by atoms with van der Waals surface area (Å²) in [6.07, 6.45) is 3.56. The normalized spacial score (nSPS) is 12.8. The van der Waals surface area contributed by atoms with E-state index in [0.717, 1.165) is 19.3 Å². The van der Waals surface area contributed by atoms with Gasteiger partial charge in [0.25, 0.3) is 0 Å². The van der Waals surface area contributed by atoms with E-state index in [4.69, 9.17) is 5.11 Å². The highest BCUT2D eigenvalue weighted by atomic mass is 19.1. The molecule has 12 heavy (non-hydrogen) atoms. The first-order chi connectivity index (χ1) is 5.66. The van der Waals surface area contributed by atoms with E-state index in [9.17, 15) is 9.18 Å². The largest absolute Gasteiger partial charge is 0.481 e. The maximum Gasteiger partial charge on any atom is 0.303 e. The highest BCUT2D eigenvalue weighted by Gasteiger charge is 2.06. The van der Waals surface area contributed by atoms with Crippen molar-refractivity contribution in [1.82, 2.24) is 0 Å². The number of carboxylic acid groups (broad SMARTS) is 1. The smallest absolute Gasteiger partial charge is 0.303 e. The summed E-state index contributed by atoms with van der Waals surface area (Å²) >= 11 is 0. The van der Waals surface area contributed by atoms with Crippen molar-refractivity contribution in [3.8, 4) is 0 Å². The lowest BCUT2D eigenvalue weighted by Crippen LogP contribution is -2.03. The third kappa shape index (κ3) is 7.51. The lowest BCUT2D eigenvalue weighted by atomic mass is 10.0. The van der Waals surface area contributed by atoms with Gasteiger partial charge in [-0.1, -0.05) is 26.2 Å². The second-order valence-electron chi connectivity index (χ2n) is 3.24. The Hall–Kier alpha value is -0.600. The van der Waals surface area contributed by atoms with Gasteiger partial charge < -0.3 is 5.11 Å². The van der Waals surface area contributed by atoms with Crippen molar-refractivity contribution in [2.75, 3.05) is 6.67 Å². The Bertz CT molecular complexity index is 126. The standard InChI is InChI=1S/C9H17FO2/c1-8(7-9(11)12)5-3-2-4-6-10/h8H,2-7H2,1H3,(H,11,12). The first kappa shape index (κ1) is 11.4. The maximum absolute atomic E-state index is 11.6. The van der Waals surface area contributed by atoms with Crippen LogP contribution in [-0.4, -0.2) is 17.8 Å². The van der Waals surface area contributed by atoms with E-state index in [1.54, 1.807) is 0 Å². The van der Waals surface area contributed by atoms with Crippen LogP contribution in [0.2, 0.25) is 0 Å². The highest BCUT2D eigenvalue weighted by molar-refractivity contribution is 5.66. The van der Waals surface area contributed by atoms with Crippen LogP contribution < -0.4 is 0 Å². The van der Waals surface area contributed by atoms with Gasteiger partial charge in [-0.3, -0.25) is 9.18 Å². The number of hydrogen-bond acceptors (Lipinski definition) is 1. The Morgan fingerprint density at radius 3 is 2.58 bits per heavy atom. The molecule has 3 heteroatoms. The predicted molar refractivity (Wildman–Crippen MR) is 45.9 cm³/mol. The fraction of sp³-hybridized carbons (Fsp3) is 0.889. The van der Waals surface area contributed by atoms with Crippen molar-refractivity contribution in [1.29, 1.82) is 0 Å². The Morgan fingerprint density at radius 1 is 1.42 bits per heavy atom. The van der Waals surface area contributed by atoms with E-state index in [-0.39, 0.29) is 19.0 Å². The van der Waals surface area contributed by atoms with E-state index in [2.05, 4.69) is 0 Å². The quantitative estimate of drug-likeness (QED) is 0.605. The molecule has 0 aliphatic carbocycles. The summed E-state index contributed by atoms with van der Waals surface area (Å²) in [4.78, 5) is 10.2. The van der Waals surface area contributed by atoms with Gasteiger partial charge in [0, 0.05) is 6.42 Å². The number of alkyl halides is 1. The zero-order valence-corrected chi connectivity index (χ0v) is 7.55. The van der Waals surface area contributed by atoms with E-state index >= 15 is 0 Å². The number of unbranched alkanes of at least 4 members (excludes halogenated alkanes) is 2. The zero-order chi connectivity index (χ0) is 9.40. The molecule has 0 aliphatic rings. The molecular formula is C9H17FO2. The molecule has 0 aromatic rings. The number of carbonyl (C=O) groups is 1. The molecule has 0 amide bonds. The Morgan fingerprint density at radius 2 is 2.08 bits per heavy atom. The average Bonchev–Trinajstić information content (AvgIpc) is 1.97. The van der Waals surface area contributed by atoms with E-state index in [0.29, 0.717) is 6.42 Å². The van der Waals surface area contributed by atoms with Gasteiger partial charge in [0.1, 0.15) is 0 Å². The summed E-state index contributed by atoms with van der Waals surface area (Å²) in [7, 11) is 0. The molecule has 0 radical (unpaired) electrons. The molecule has 2 nitrogen and oxygen atoms in total. The lowest BCUT2D eigenvalue weighted by Gasteiger charge is -2.06. The van der Waals surface area contributed by atoms with Gasteiger partial charge in [-0.15, -0.1) is 0 Å². The molecule has 0 saturated heterocycles. The minimum atomic E-state index is -0.743. The van der Waals surface area contributed by atoms with Gasteiger partial charge in [-0.25, -0.2) is 0 Å². The van der Waals surface area contributed by atoms with Crippen molar-refractivity contribution < 1.29 is 14.3 Å². The van der Waals surface area contributed by atoms with Crippen LogP contribution in [0.25, 0.3) is 0 Å². The third-order valence-corrected chi connectivity index (χ3v) is 1.85. The monoisotopic (exact) mass is 176 g/mol. The van der Waals surface area contributed by atoms with Crippen LogP contribution in [0.4, 0.5) is 4.39 Å². The molecule has 0 aromatic carbocycles. The minimum absolute atomic E-state index is 0.224. The van der Waals surface area contributed by atoms with Crippen LogP contribution in [0.15, 0.2) is 0 Å². The van der Waals surface area contributed by atoms with Crippen LogP contribution in [0, 0.1) is 5.92 Å². The predicted octanol–water partition coefficient (Wildman–Crippen LogP) is 2.63. The molecule has 0 aliphatic heterocycles. The molecule has 0 heterocycles. The number of hydrogen-bond donors (Lipinski definition) is 1. The summed E-state index contributed by atoms with van der Waals surface area (Å²) < 4.78 is 11.6. The second kappa shape index (κ2) is 7.07. The number of rotatable bonds is 7. The molecule has 72 valence electrons. The third-order valence-electron chi connectivity index (χ3n) is 1.85. The molecule has 0 fully saturated rings. The number of aliphatic carboxylic acids is 1. The molecule has 0 bridgehead atoms. The minimum Gasteiger partial charge on any atom is -0.481 e. The summed E-state index contributed by atoms with van der Waals surface area (Å²) in [5.41, 5.74) is 0. The fourth-order valence-corrected chi connectivity index (χ4v) is 1.16. The van der Waals surface area contributed by atoms with Crippen molar-refractivity contribution in [2.24, 2.45) is 5.92 Å². The van der Waals surface area contributed by atoms with Crippen molar-refractivity contribution in [2.45, 2.75) is 39.0 Å². The van der Waals surface area contributed by atoms with Gasteiger partial charge >= 0.3 is 5.97 Å². The van der Waals surface area contributed by atoms with Crippen molar-refractivity contribution in [3.63, 3.8) is 0 Å². The van der Waals surface area contributed by atoms with Gasteiger partial charge in [0.2, 0.25) is 0 Å². The molecule has 0 saturated carbocycles. The molecular weight excluding hydrogens is 159 g/mol. The topological polar surface area (TPSA) is 37.3 Å². The highest BCUT2D eigenvalue weighted by Crippen LogP contribution is 2.12. The summed E-state index contributed by atoms with van der Waals surface area (Å²) in [5, 5.41) is 8.43. The summed E-state index contributed by atoms with van der Waals surface area (Å²) in [5.74, 6) is -0.518. The molecule has 0 rings (SSSR count). The van der Waals surface area contributed by atoms with Crippen molar-refractivity contribution >= 4 is 5.97 Å². The Balaban J connectivity index is 3.19. The van der Waals surface area contributed by atoms with Gasteiger partial charge in [0.05, 0.1) is 6.67 Å². The summed E-state index contributed by atoms with van der Waals surface area (Å²) in [6, 6.07) is 0. The summed E-state index contributed by atoms with van der Waals surface area (Å²) in [6.45, 7) is 1.66. The lowest BCUT2D eigenvalue weighted by molar-refractivity contribution is -0.138. The van der Waals surface area contributed by atoms with E-state index in [1.807, 2.05) is 6.92 Å². The van der Waals surface area contributed by atoms with E-state index in [1.165, 1.54) is 0 Å². The van der Waals surface area contributed by atoms with Crippen LogP contribution in [0.5, 0.6) is 0 Å². The van der Waals surface area contributed by atoms with Crippen LogP contribution in [0.1, 0.15) is 39.0 Å². The molecule has 1 atom stereocenters. The zero-order valence-electron chi connectivity index (χ0n) is 7.55. The van der Waals surface area contributed by atoms with Crippen LogP contribution in [0.3, 0.4) is 0 Å². The first-order valence-electron chi connectivity index (χ1n) is 4.44. The van der Waals surface area contributed by atoms with Gasteiger partial charge in [-0.05, 0) is 12.3 Å². The van der Waals surface area contributed by atoms with Crippen LogP contribution >= 0.6 is 0 Å². The molecule has 1 N–H and O–H groups in total.